The van der Waals surface area contributed by atoms with Crippen LogP contribution < -0.4 is 0 Å². The zero-order chi connectivity index (χ0) is 7.84. The first kappa shape index (κ1) is 7.43. The fourth-order valence-corrected chi connectivity index (χ4v) is 3.13. The van der Waals surface area contributed by atoms with E-state index in [-0.39, 0.29) is 18.4 Å². The molecule has 2 aliphatic heterocycles. The second-order valence-corrected chi connectivity index (χ2v) is 4.14. The monoisotopic (exact) mass is 173 g/mol. The summed E-state index contributed by atoms with van der Waals surface area (Å²) in [6.07, 6.45) is 0.646. The van der Waals surface area contributed by atoms with E-state index in [1.54, 1.807) is 0 Å². The largest absolute Gasteiger partial charge is 0.396 e. The van der Waals surface area contributed by atoms with Crippen molar-refractivity contribution < 1.29 is 9.90 Å². The van der Waals surface area contributed by atoms with E-state index in [4.69, 9.17) is 5.11 Å². The number of rotatable bonds is 2. The second kappa shape index (κ2) is 2.68. The molecule has 2 heterocycles. The minimum atomic E-state index is 0.118. The Morgan fingerprint density at radius 3 is 3.27 bits per heavy atom. The van der Waals surface area contributed by atoms with Gasteiger partial charge in [0.25, 0.3) is 0 Å². The van der Waals surface area contributed by atoms with Crippen LogP contribution in [0.25, 0.3) is 0 Å². The molecule has 2 saturated heterocycles. The SMILES string of the molecule is O=C1C(CCO)[C@H]2SCCN12. The maximum absolute atomic E-state index is 11.2. The smallest absolute Gasteiger partial charge is 0.229 e. The predicted octanol–water partition coefficient (Wildman–Crippen LogP) is -0.0999. The van der Waals surface area contributed by atoms with Crippen LogP contribution in [-0.2, 0) is 4.79 Å². The summed E-state index contributed by atoms with van der Waals surface area (Å²) in [4.78, 5) is 13.1. The van der Waals surface area contributed by atoms with Gasteiger partial charge in [0.05, 0.1) is 11.3 Å². The van der Waals surface area contributed by atoms with E-state index < -0.39 is 0 Å². The van der Waals surface area contributed by atoms with Crippen LogP contribution in [0.1, 0.15) is 6.42 Å². The van der Waals surface area contributed by atoms with Crippen LogP contribution in [0.5, 0.6) is 0 Å². The van der Waals surface area contributed by atoms with Gasteiger partial charge in [0.15, 0.2) is 0 Å². The Kier molecular flexibility index (Phi) is 1.81. The molecule has 62 valence electrons. The van der Waals surface area contributed by atoms with Gasteiger partial charge >= 0.3 is 0 Å². The zero-order valence-electron chi connectivity index (χ0n) is 6.19. The Labute approximate surface area is 69.8 Å². The van der Waals surface area contributed by atoms with Crippen molar-refractivity contribution in [3.05, 3.63) is 0 Å². The lowest BCUT2D eigenvalue weighted by molar-refractivity contribution is -0.149. The van der Waals surface area contributed by atoms with Gasteiger partial charge in [0.2, 0.25) is 5.91 Å². The molecule has 3 nitrogen and oxygen atoms in total. The first-order chi connectivity index (χ1) is 5.34. The fourth-order valence-electron chi connectivity index (χ4n) is 1.72. The van der Waals surface area contributed by atoms with Crippen molar-refractivity contribution in [2.24, 2.45) is 5.92 Å². The van der Waals surface area contributed by atoms with Gasteiger partial charge in [-0.15, -0.1) is 11.8 Å². The van der Waals surface area contributed by atoms with Crippen LogP contribution in [-0.4, -0.2) is 40.2 Å². The van der Waals surface area contributed by atoms with E-state index in [9.17, 15) is 4.79 Å². The minimum absolute atomic E-state index is 0.118. The van der Waals surface area contributed by atoms with Gasteiger partial charge in [-0.25, -0.2) is 0 Å². The lowest BCUT2D eigenvalue weighted by Crippen LogP contribution is -2.56. The maximum atomic E-state index is 11.2. The molecule has 1 unspecified atom stereocenters. The Bertz CT molecular complexity index is 185. The molecule has 4 heteroatoms. The van der Waals surface area contributed by atoms with Crippen molar-refractivity contribution >= 4 is 17.7 Å². The van der Waals surface area contributed by atoms with E-state index in [1.807, 2.05) is 16.7 Å². The fraction of sp³-hybridized carbons (Fsp3) is 0.857. The van der Waals surface area contributed by atoms with E-state index in [0.29, 0.717) is 11.8 Å². The number of amides is 1. The second-order valence-electron chi connectivity index (χ2n) is 2.91. The first-order valence-electron chi connectivity index (χ1n) is 3.87. The van der Waals surface area contributed by atoms with Crippen LogP contribution in [0.4, 0.5) is 0 Å². The number of hydrogen-bond acceptors (Lipinski definition) is 3. The molecule has 0 bridgehead atoms. The van der Waals surface area contributed by atoms with Gasteiger partial charge in [0.1, 0.15) is 0 Å². The summed E-state index contributed by atoms with van der Waals surface area (Å²) in [6.45, 7) is 1.05. The molecule has 2 aliphatic rings. The molecule has 2 rings (SSSR count). The third-order valence-electron chi connectivity index (χ3n) is 2.31. The molecule has 2 atom stereocenters. The van der Waals surface area contributed by atoms with E-state index in [1.165, 1.54) is 0 Å². The van der Waals surface area contributed by atoms with Gasteiger partial charge in [0, 0.05) is 18.9 Å². The summed E-state index contributed by atoms with van der Waals surface area (Å²) in [5.41, 5.74) is 0. The van der Waals surface area contributed by atoms with Crippen molar-refractivity contribution in [3.8, 4) is 0 Å². The molecule has 0 spiro atoms. The summed E-state index contributed by atoms with van der Waals surface area (Å²) >= 11 is 1.84. The highest BCUT2D eigenvalue weighted by Gasteiger charge is 2.49. The molecule has 0 radical (unpaired) electrons. The normalized spacial score (nSPS) is 35.4. The zero-order valence-corrected chi connectivity index (χ0v) is 7.01. The van der Waals surface area contributed by atoms with Gasteiger partial charge in [-0.05, 0) is 6.42 Å². The number of thioether (sulfide) groups is 1. The number of carbonyl (C=O) groups is 1. The molecule has 1 N–H and O–H groups in total. The number of aliphatic hydroxyl groups excluding tert-OH is 1. The highest BCUT2D eigenvalue weighted by Crippen LogP contribution is 2.41. The highest BCUT2D eigenvalue weighted by atomic mass is 32.2. The van der Waals surface area contributed by atoms with Crippen molar-refractivity contribution in [3.63, 3.8) is 0 Å². The maximum Gasteiger partial charge on any atom is 0.229 e. The standard InChI is InChI=1S/C7H11NO2S/c9-3-1-5-6(10)8-2-4-11-7(5)8/h5,7,9H,1-4H2/t5?,7-/m1/s1. The topological polar surface area (TPSA) is 40.5 Å². The highest BCUT2D eigenvalue weighted by molar-refractivity contribution is 8.00. The molecule has 0 aromatic rings. The molecule has 2 fully saturated rings. The van der Waals surface area contributed by atoms with Gasteiger partial charge in [-0.1, -0.05) is 0 Å². The average Bonchev–Trinajstić information content (AvgIpc) is 2.44. The Balaban J connectivity index is 1.98. The van der Waals surface area contributed by atoms with Crippen molar-refractivity contribution in [2.75, 3.05) is 18.9 Å². The van der Waals surface area contributed by atoms with Crippen LogP contribution in [0.15, 0.2) is 0 Å². The number of nitrogens with zero attached hydrogens (tertiary/aromatic N) is 1. The number of hydrogen-bond donors (Lipinski definition) is 1. The van der Waals surface area contributed by atoms with Crippen LogP contribution in [0.2, 0.25) is 0 Å². The van der Waals surface area contributed by atoms with Gasteiger partial charge < -0.3 is 10.0 Å². The molecule has 0 saturated carbocycles. The summed E-state index contributed by atoms with van der Waals surface area (Å²) in [7, 11) is 0. The number of β-lactam (4-membered cyclic amide) rings is 1. The number of carbonyl (C=O) groups excluding carboxylic acids is 1. The van der Waals surface area contributed by atoms with Crippen LogP contribution in [0.3, 0.4) is 0 Å². The third kappa shape index (κ3) is 0.964. The van der Waals surface area contributed by atoms with Gasteiger partial charge in [-0.3, -0.25) is 4.79 Å². The van der Waals surface area contributed by atoms with Crippen molar-refractivity contribution in [1.82, 2.24) is 4.90 Å². The quantitative estimate of drug-likeness (QED) is 0.593. The lowest BCUT2D eigenvalue weighted by atomic mass is 9.95. The van der Waals surface area contributed by atoms with E-state index >= 15 is 0 Å². The van der Waals surface area contributed by atoms with Crippen LogP contribution in [0, 0.1) is 5.92 Å². The molecule has 0 aromatic carbocycles. The van der Waals surface area contributed by atoms with E-state index in [2.05, 4.69) is 0 Å². The molecule has 0 aromatic heterocycles. The number of aliphatic hydroxyl groups is 1. The lowest BCUT2D eigenvalue weighted by Gasteiger charge is -2.41. The summed E-state index contributed by atoms with van der Waals surface area (Å²) in [6, 6.07) is 0. The first-order valence-corrected chi connectivity index (χ1v) is 4.92. The summed E-state index contributed by atoms with van der Waals surface area (Å²) in [5, 5.41) is 9.06. The Morgan fingerprint density at radius 1 is 1.73 bits per heavy atom. The Hall–Kier alpha value is -0.220. The Morgan fingerprint density at radius 2 is 2.55 bits per heavy atom. The van der Waals surface area contributed by atoms with Crippen molar-refractivity contribution in [2.45, 2.75) is 11.8 Å². The van der Waals surface area contributed by atoms with Crippen molar-refractivity contribution in [1.29, 1.82) is 0 Å². The molecule has 0 aliphatic carbocycles. The third-order valence-corrected chi connectivity index (χ3v) is 3.66. The van der Waals surface area contributed by atoms with Crippen LogP contribution >= 0.6 is 11.8 Å². The molecular weight excluding hydrogens is 162 g/mol. The summed E-state index contributed by atoms with van der Waals surface area (Å²) < 4.78 is 0. The summed E-state index contributed by atoms with van der Waals surface area (Å²) in [5.74, 6) is 1.43. The molecular formula is C7H11NO2S. The number of fused-ring (bicyclic) bond motifs is 1. The van der Waals surface area contributed by atoms with E-state index in [0.717, 1.165) is 12.3 Å². The predicted molar refractivity (Wildman–Crippen MR) is 43.2 cm³/mol. The molecule has 11 heavy (non-hydrogen) atoms. The average molecular weight is 173 g/mol. The molecule has 1 amide bonds. The van der Waals surface area contributed by atoms with Gasteiger partial charge in [-0.2, -0.15) is 0 Å². The minimum Gasteiger partial charge on any atom is -0.396 e.